The van der Waals surface area contributed by atoms with Crippen LogP contribution < -0.4 is 5.32 Å². The van der Waals surface area contributed by atoms with Crippen molar-refractivity contribution < 1.29 is 9.90 Å². The Kier molecular flexibility index (Phi) is 3.60. The zero-order chi connectivity index (χ0) is 15.0. The highest BCUT2D eigenvalue weighted by Gasteiger charge is 2.22. The second-order valence-corrected chi connectivity index (χ2v) is 5.88. The first kappa shape index (κ1) is 14.0. The number of carboxylic acids is 1. The van der Waals surface area contributed by atoms with Crippen LogP contribution in [0.5, 0.6) is 0 Å². The maximum Gasteiger partial charge on any atom is 0.336 e. The molecule has 2 aromatic rings. The van der Waals surface area contributed by atoms with Gasteiger partial charge in [-0.3, -0.25) is 0 Å². The second-order valence-electron chi connectivity index (χ2n) is 5.45. The SMILES string of the molecule is Cc1c(NC2Cc3ccc(Cl)cc3C2)cccc1C(=O)O. The molecule has 3 nitrogen and oxygen atoms in total. The highest BCUT2D eigenvalue weighted by Crippen LogP contribution is 2.28. The molecular weight excluding hydrogens is 286 g/mol. The number of nitrogens with one attached hydrogen (secondary N) is 1. The van der Waals surface area contributed by atoms with Crippen LogP contribution in [0, 0.1) is 6.92 Å². The van der Waals surface area contributed by atoms with Gasteiger partial charge in [0.05, 0.1) is 5.56 Å². The fourth-order valence-electron chi connectivity index (χ4n) is 2.93. The van der Waals surface area contributed by atoms with Gasteiger partial charge in [-0.25, -0.2) is 4.79 Å². The molecule has 0 radical (unpaired) electrons. The predicted octanol–water partition coefficient (Wildman–Crippen LogP) is 3.93. The van der Waals surface area contributed by atoms with E-state index in [0.29, 0.717) is 5.56 Å². The summed E-state index contributed by atoms with van der Waals surface area (Å²) in [7, 11) is 0. The molecule has 1 atom stereocenters. The van der Waals surface area contributed by atoms with Gasteiger partial charge in [0, 0.05) is 16.8 Å². The molecule has 2 aromatic carbocycles. The monoisotopic (exact) mass is 301 g/mol. The fourth-order valence-corrected chi connectivity index (χ4v) is 3.13. The first-order chi connectivity index (χ1) is 10.0. The highest BCUT2D eigenvalue weighted by molar-refractivity contribution is 6.30. The maximum atomic E-state index is 11.2. The van der Waals surface area contributed by atoms with Crippen molar-refractivity contribution in [3.05, 3.63) is 63.7 Å². The smallest absolute Gasteiger partial charge is 0.336 e. The molecule has 2 N–H and O–H groups in total. The van der Waals surface area contributed by atoms with Gasteiger partial charge in [-0.05, 0) is 60.7 Å². The largest absolute Gasteiger partial charge is 0.478 e. The summed E-state index contributed by atoms with van der Waals surface area (Å²) in [5.41, 5.74) is 4.59. The van der Waals surface area contributed by atoms with Crippen LogP contribution in [0.3, 0.4) is 0 Å². The number of carboxylic acid groups (broad SMARTS) is 1. The average Bonchev–Trinajstić information content (AvgIpc) is 2.82. The fraction of sp³-hybridized carbons (Fsp3) is 0.235. The number of aromatic carboxylic acids is 1. The topological polar surface area (TPSA) is 49.3 Å². The number of rotatable bonds is 3. The zero-order valence-electron chi connectivity index (χ0n) is 11.7. The van der Waals surface area contributed by atoms with Crippen LogP contribution in [-0.4, -0.2) is 17.1 Å². The number of benzene rings is 2. The van der Waals surface area contributed by atoms with E-state index in [0.717, 1.165) is 29.1 Å². The van der Waals surface area contributed by atoms with E-state index >= 15 is 0 Å². The van der Waals surface area contributed by atoms with Crippen molar-refractivity contribution in [2.75, 3.05) is 5.32 Å². The van der Waals surface area contributed by atoms with Gasteiger partial charge >= 0.3 is 5.97 Å². The molecule has 1 unspecified atom stereocenters. The van der Waals surface area contributed by atoms with Gasteiger partial charge in [0.25, 0.3) is 0 Å². The number of hydrogen-bond acceptors (Lipinski definition) is 2. The summed E-state index contributed by atoms with van der Waals surface area (Å²) in [5.74, 6) is -0.891. The first-order valence-electron chi connectivity index (χ1n) is 6.91. The van der Waals surface area contributed by atoms with E-state index in [-0.39, 0.29) is 6.04 Å². The van der Waals surface area contributed by atoms with Crippen molar-refractivity contribution in [2.45, 2.75) is 25.8 Å². The molecule has 0 aliphatic heterocycles. The van der Waals surface area contributed by atoms with Crippen LogP contribution in [0.15, 0.2) is 36.4 Å². The number of halogens is 1. The molecule has 108 valence electrons. The molecule has 0 saturated carbocycles. The van der Waals surface area contributed by atoms with E-state index < -0.39 is 5.97 Å². The molecule has 21 heavy (non-hydrogen) atoms. The lowest BCUT2D eigenvalue weighted by atomic mass is 10.1. The van der Waals surface area contributed by atoms with E-state index in [4.69, 9.17) is 11.6 Å². The number of anilines is 1. The second kappa shape index (κ2) is 5.41. The Labute approximate surface area is 128 Å². The van der Waals surface area contributed by atoms with Crippen molar-refractivity contribution in [3.63, 3.8) is 0 Å². The molecular formula is C17H16ClNO2. The molecule has 0 fully saturated rings. The summed E-state index contributed by atoms with van der Waals surface area (Å²) < 4.78 is 0. The summed E-state index contributed by atoms with van der Waals surface area (Å²) in [6.45, 7) is 1.84. The van der Waals surface area contributed by atoms with E-state index in [1.165, 1.54) is 11.1 Å². The number of carbonyl (C=O) groups is 1. The minimum Gasteiger partial charge on any atom is -0.478 e. The Hall–Kier alpha value is -2.00. The Balaban J connectivity index is 1.81. The van der Waals surface area contributed by atoms with Crippen molar-refractivity contribution in [3.8, 4) is 0 Å². The first-order valence-corrected chi connectivity index (χ1v) is 7.29. The highest BCUT2D eigenvalue weighted by atomic mass is 35.5. The lowest BCUT2D eigenvalue weighted by Crippen LogP contribution is -2.20. The van der Waals surface area contributed by atoms with E-state index in [1.54, 1.807) is 12.1 Å². The minimum atomic E-state index is -0.891. The van der Waals surface area contributed by atoms with Crippen LogP contribution in [0.1, 0.15) is 27.0 Å². The molecule has 0 spiro atoms. The molecule has 1 aliphatic carbocycles. The van der Waals surface area contributed by atoms with Crippen molar-refractivity contribution in [1.29, 1.82) is 0 Å². The van der Waals surface area contributed by atoms with E-state index in [9.17, 15) is 9.90 Å². The summed E-state index contributed by atoms with van der Waals surface area (Å²) in [6.07, 6.45) is 1.84. The molecule has 0 saturated heterocycles. The van der Waals surface area contributed by atoms with Gasteiger partial charge < -0.3 is 10.4 Å². The maximum absolute atomic E-state index is 11.2. The van der Waals surface area contributed by atoms with Gasteiger partial charge in [0.15, 0.2) is 0 Å². The Morgan fingerprint density at radius 3 is 2.76 bits per heavy atom. The van der Waals surface area contributed by atoms with Gasteiger partial charge in [0.2, 0.25) is 0 Å². The third-order valence-corrected chi connectivity index (χ3v) is 4.26. The Morgan fingerprint density at radius 2 is 2.00 bits per heavy atom. The molecule has 1 aliphatic rings. The predicted molar refractivity (Wildman–Crippen MR) is 84.4 cm³/mol. The lowest BCUT2D eigenvalue weighted by Gasteiger charge is -2.16. The van der Waals surface area contributed by atoms with Gasteiger partial charge in [-0.1, -0.05) is 23.7 Å². The third-order valence-electron chi connectivity index (χ3n) is 4.02. The molecule has 0 aromatic heterocycles. The van der Waals surface area contributed by atoms with Crippen LogP contribution in [0.4, 0.5) is 5.69 Å². The van der Waals surface area contributed by atoms with Crippen molar-refractivity contribution >= 4 is 23.3 Å². The summed E-state index contributed by atoms with van der Waals surface area (Å²) in [6, 6.07) is 11.6. The van der Waals surface area contributed by atoms with Crippen molar-refractivity contribution in [2.24, 2.45) is 0 Å². The van der Waals surface area contributed by atoms with Gasteiger partial charge in [-0.15, -0.1) is 0 Å². The zero-order valence-corrected chi connectivity index (χ0v) is 12.4. The van der Waals surface area contributed by atoms with Crippen LogP contribution in [0.25, 0.3) is 0 Å². The normalized spacial score (nSPS) is 16.6. The van der Waals surface area contributed by atoms with Crippen LogP contribution >= 0.6 is 11.6 Å². The van der Waals surface area contributed by atoms with Gasteiger partial charge in [-0.2, -0.15) is 0 Å². The summed E-state index contributed by atoms with van der Waals surface area (Å²) in [4.78, 5) is 11.2. The van der Waals surface area contributed by atoms with Crippen molar-refractivity contribution in [1.82, 2.24) is 0 Å². The quantitative estimate of drug-likeness (QED) is 0.903. The molecule has 0 bridgehead atoms. The average molecular weight is 302 g/mol. The summed E-state index contributed by atoms with van der Waals surface area (Å²) >= 11 is 6.03. The lowest BCUT2D eigenvalue weighted by molar-refractivity contribution is 0.0696. The standard InChI is InChI=1S/C17H16ClNO2/c1-10-15(17(20)21)3-2-4-16(10)19-14-8-11-5-6-13(18)7-12(11)9-14/h2-7,14,19H,8-9H2,1H3,(H,20,21). The number of fused-ring (bicyclic) bond motifs is 1. The number of hydrogen-bond donors (Lipinski definition) is 2. The molecule has 0 heterocycles. The molecule has 0 amide bonds. The minimum absolute atomic E-state index is 0.279. The Morgan fingerprint density at radius 1 is 1.24 bits per heavy atom. The van der Waals surface area contributed by atoms with Crippen LogP contribution in [-0.2, 0) is 12.8 Å². The Bertz CT molecular complexity index is 712. The van der Waals surface area contributed by atoms with Gasteiger partial charge in [0.1, 0.15) is 0 Å². The molecule has 3 rings (SSSR count). The molecule has 4 heteroatoms. The third kappa shape index (κ3) is 2.74. The van der Waals surface area contributed by atoms with E-state index in [2.05, 4.69) is 11.4 Å². The summed E-state index contributed by atoms with van der Waals surface area (Å²) in [5, 5.41) is 13.4. The van der Waals surface area contributed by atoms with E-state index in [1.807, 2.05) is 25.1 Å². The van der Waals surface area contributed by atoms with Crippen LogP contribution in [0.2, 0.25) is 5.02 Å².